The number of aryl methyl sites for hydroxylation is 2. The molecule has 0 spiro atoms. The van der Waals surface area contributed by atoms with Gasteiger partial charge in [-0.2, -0.15) is 0 Å². The molecule has 15 nitrogen and oxygen atoms in total. The molecule has 0 unspecified atom stereocenters. The molecule has 0 fully saturated rings. The summed E-state index contributed by atoms with van der Waals surface area (Å²) >= 11 is 1.02. The summed E-state index contributed by atoms with van der Waals surface area (Å²) in [5, 5.41) is 44.2. The van der Waals surface area contributed by atoms with Gasteiger partial charge in [0.25, 0.3) is 11.6 Å². The van der Waals surface area contributed by atoms with Gasteiger partial charge < -0.3 is 46.4 Å². The van der Waals surface area contributed by atoms with Gasteiger partial charge in [-0.25, -0.2) is 4.98 Å². The molecule has 2 aromatic carbocycles. The van der Waals surface area contributed by atoms with Crippen LogP contribution in [-0.4, -0.2) is 40.2 Å². The number of nitro groups is 1. The summed E-state index contributed by atoms with van der Waals surface area (Å²) in [6.07, 6.45) is -4.00. The van der Waals surface area contributed by atoms with E-state index in [0.29, 0.717) is 34.7 Å². The van der Waals surface area contributed by atoms with Crippen LogP contribution >= 0.6 is 11.3 Å². The molecule has 210 valence electrons. The molecule has 0 aliphatic rings. The molecule has 3 aromatic rings. The third kappa shape index (κ3) is 8.95. The summed E-state index contributed by atoms with van der Waals surface area (Å²) in [5.41, 5.74) is 2.27. The van der Waals surface area contributed by atoms with Crippen LogP contribution in [0, 0.1) is 10.1 Å². The molecule has 16 heteroatoms. The first-order chi connectivity index (χ1) is 19.0. The summed E-state index contributed by atoms with van der Waals surface area (Å²) in [6, 6.07) is 12.4. The lowest BCUT2D eigenvalue weighted by molar-refractivity contribution is -0.384. The van der Waals surface area contributed by atoms with Crippen LogP contribution in [0.15, 0.2) is 48.5 Å². The summed E-state index contributed by atoms with van der Waals surface area (Å²) in [7, 11) is 0. The average molecular weight is 570 g/mol. The second kappa shape index (κ2) is 13.5. The molecule has 0 bridgehead atoms. The molecule has 0 aliphatic carbocycles. The van der Waals surface area contributed by atoms with E-state index in [0.717, 1.165) is 16.9 Å². The molecule has 0 saturated heterocycles. The monoisotopic (exact) mass is 569 g/mol. The Labute approximate surface area is 230 Å². The van der Waals surface area contributed by atoms with E-state index >= 15 is 0 Å². The van der Waals surface area contributed by atoms with Crippen LogP contribution in [0.2, 0.25) is 0 Å². The van der Waals surface area contributed by atoms with E-state index in [-0.39, 0.29) is 23.3 Å². The molecular weight excluding hydrogens is 546 g/mol. The molecule has 0 saturated carbocycles. The van der Waals surface area contributed by atoms with Crippen LogP contribution in [0.4, 0.5) is 26.1 Å². The third-order valence-corrected chi connectivity index (χ3v) is 6.24. The van der Waals surface area contributed by atoms with Gasteiger partial charge in [0.15, 0.2) is 11.4 Å². The van der Waals surface area contributed by atoms with E-state index in [1.165, 1.54) is 19.1 Å². The Morgan fingerprint density at radius 3 is 2.08 bits per heavy atom. The van der Waals surface area contributed by atoms with E-state index < -0.39 is 29.3 Å². The number of thiazole rings is 1. The van der Waals surface area contributed by atoms with Gasteiger partial charge in [0, 0.05) is 31.3 Å². The lowest BCUT2D eigenvalue weighted by Gasteiger charge is -2.24. The van der Waals surface area contributed by atoms with E-state index in [2.05, 4.69) is 20.9 Å². The van der Waals surface area contributed by atoms with Gasteiger partial charge in [-0.15, -0.1) is 0 Å². The second-order valence-electron chi connectivity index (χ2n) is 8.22. The fourth-order valence-corrected chi connectivity index (χ4v) is 4.42. The molecule has 0 atom stereocenters. The zero-order valence-corrected chi connectivity index (χ0v) is 21.7. The van der Waals surface area contributed by atoms with Crippen molar-refractivity contribution in [1.29, 1.82) is 0 Å². The quantitative estimate of drug-likeness (QED) is 0.114. The predicted octanol–water partition coefficient (Wildman–Crippen LogP) is 0.286. The van der Waals surface area contributed by atoms with Crippen LogP contribution < -0.4 is 36.8 Å². The van der Waals surface area contributed by atoms with Gasteiger partial charge in [0.2, 0.25) is 5.91 Å². The highest BCUT2D eigenvalue weighted by Gasteiger charge is 2.19. The second-order valence-corrected chi connectivity index (χ2v) is 9.22. The number of rotatable bonds is 12. The van der Waals surface area contributed by atoms with Crippen molar-refractivity contribution < 1.29 is 34.3 Å². The molecule has 40 heavy (non-hydrogen) atoms. The topological polar surface area (TPSA) is 231 Å². The number of carbonyl (C=O) groups is 4. The van der Waals surface area contributed by atoms with E-state index in [1.54, 1.807) is 36.4 Å². The van der Waals surface area contributed by atoms with Crippen molar-refractivity contribution in [3.05, 3.63) is 80.3 Å². The van der Waals surface area contributed by atoms with Crippen molar-refractivity contribution in [1.82, 2.24) is 20.9 Å². The number of hydrogen-bond acceptors (Lipinski definition) is 11. The van der Waals surface area contributed by atoms with E-state index in [9.17, 15) is 39.5 Å². The van der Waals surface area contributed by atoms with E-state index in [4.69, 9.17) is 0 Å². The number of nitrogens with zero attached hydrogens (tertiary/aromatic N) is 2. The maximum Gasteiger partial charge on any atom is 0.269 e. The highest BCUT2D eigenvalue weighted by atomic mass is 32.1. The van der Waals surface area contributed by atoms with Crippen LogP contribution in [0.25, 0.3) is 0 Å². The van der Waals surface area contributed by atoms with Crippen molar-refractivity contribution in [2.75, 3.05) is 10.6 Å². The fourth-order valence-electron chi connectivity index (χ4n) is 3.44. The van der Waals surface area contributed by atoms with Crippen molar-refractivity contribution in [2.45, 2.75) is 32.6 Å². The SMILES string of the molecule is CC(=O)Nc1nc(CCc2ccc(NC(NC(=O)[O-])NC(=O)[O-])cc2)c(C(=O)NCc2ccc([N+](=O)[O-])cc2)s1. The summed E-state index contributed by atoms with van der Waals surface area (Å²) in [5.74, 6) is -0.769. The molecule has 1 aromatic heterocycles. The van der Waals surface area contributed by atoms with Crippen molar-refractivity contribution in [2.24, 2.45) is 0 Å². The zero-order valence-electron chi connectivity index (χ0n) is 20.9. The van der Waals surface area contributed by atoms with Gasteiger partial charge in [0.1, 0.15) is 17.1 Å². The minimum absolute atomic E-state index is 0.0631. The van der Waals surface area contributed by atoms with Gasteiger partial charge in [-0.05, 0) is 36.1 Å². The maximum absolute atomic E-state index is 13.0. The maximum atomic E-state index is 13.0. The smallest absolute Gasteiger partial charge is 0.269 e. The van der Waals surface area contributed by atoms with Crippen molar-refractivity contribution >= 4 is 51.8 Å². The Morgan fingerprint density at radius 1 is 0.925 bits per heavy atom. The first-order valence-corrected chi connectivity index (χ1v) is 12.4. The third-order valence-electron chi connectivity index (χ3n) is 5.23. The van der Waals surface area contributed by atoms with Crippen LogP contribution in [0.1, 0.15) is 33.4 Å². The van der Waals surface area contributed by atoms with Crippen LogP contribution in [-0.2, 0) is 24.2 Å². The van der Waals surface area contributed by atoms with Crippen LogP contribution in [0.3, 0.4) is 0 Å². The summed E-state index contributed by atoms with van der Waals surface area (Å²) in [6.45, 7) is 1.44. The number of benzene rings is 2. The number of carbonyl (C=O) groups excluding carboxylic acids is 4. The average Bonchev–Trinajstić information content (AvgIpc) is 3.28. The molecule has 4 amide bonds. The molecule has 5 N–H and O–H groups in total. The Bertz CT molecular complexity index is 1380. The van der Waals surface area contributed by atoms with Gasteiger partial charge in [-0.1, -0.05) is 35.6 Å². The van der Waals surface area contributed by atoms with E-state index in [1.807, 2.05) is 10.6 Å². The predicted molar refractivity (Wildman–Crippen MR) is 139 cm³/mol. The lowest BCUT2D eigenvalue weighted by Crippen LogP contribution is -2.58. The Kier molecular flexibility index (Phi) is 9.90. The number of nitro benzene ring substituents is 1. The molecule has 0 aliphatic heterocycles. The minimum Gasteiger partial charge on any atom is -0.530 e. The highest BCUT2D eigenvalue weighted by Crippen LogP contribution is 2.25. The summed E-state index contributed by atoms with van der Waals surface area (Å²) in [4.78, 5) is 60.9. The number of carboxylic acid groups (broad SMARTS) is 2. The fraction of sp³-hybridized carbons (Fsp3) is 0.208. The number of anilines is 2. The standard InChI is InChI=1S/C24H25N7O8S/c1-13(32)26-22-28-18(19(40-22)20(33)25-12-15-4-9-17(10-5-15)31(38)39)11-6-14-2-7-16(8-3-14)27-21(29-23(34)35)30-24(36)37/h2-5,7-10,21,27,29-30H,6,11-12H2,1H3,(H,25,33)(H,34,35)(H,36,37)(H,26,28,32)/p-2. The number of nitrogens with one attached hydrogen (secondary N) is 5. The van der Waals surface area contributed by atoms with Gasteiger partial charge in [0.05, 0.1) is 10.6 Å². The first kappa shape index (κ1) is 29.3. The highest BCUT2D eigenvalue weighted by molar-refractivity contribution is 7.17. The molecule has 1 heterocycles. The number of aromatic nitrogens is 1. The number of amides is 4. The normalized spacial score (nSPS) is 10.4. The number of non-ortho nitro benzene ring substituents is 1. The Morgan fingerprint density at radius 2 is 1.52 bits per heavy atom. The Balaban J connectivity index is 1.66. The first-order valence-electron chi connectivity index (χ1n) is 11.6. The minimum atomic E-state index is -1.70. The molecule has 0 radical (unpaired) electrons. The van der Waals surface area contributed by atoms with Crippen molar-refractivity contribution in [3.63, 3.8) is 0 Å². The zero-order chi connectivity index (χ0) is 29.2. The van der Waals surface area contributed by atoms with Crippen LogP contribution in [0.5, 0.6) is 0 Å². The largest absolute Gasteiger partial charge is 0.530 e. The molecule has 3 rings (SSSR count). The number of hydrogen-bond donors (Lipinski definition) is 5. The lowest BCUT2D eigenvalue weighted by atomic mass is 10.1. The van der Waals surface area contributed by atoms with Crippen molar-refractivity contribution in [3.8, 4) is 0 Å². The Hall–Kier alpha value is -5.25. The summed E-state index contributed by atoms with van der Waals surface area (Å²) < 4.78 is 0. The van der Waals surface area contributed by atoms with Gasteiger partial charge in [-0.3, -0.25) is 19.7 Å². The van der Waals surface area contributed by atoms with Gasteiger partial charge >= 0.3 is 0 Å². The molecular formula is C24H23N7O8S-2.